The number of carbonyl (C=O) groups excluding carboxylic acids is 1. The molecule has 3 N–H and O–H groups in total. The Bertz CT molecular complexity index is 473. The number of nitrogens with two attached hydrogens (primary N) is 1. The zero-order valence-electron chi connectivity index (χ0n) is 11.7. The Kier molecular flexibility index (Phi) is 4.95. The van der Waals surface area contributed by atoms with E-state index in [0.717, 1.165) is 25.7 Å². The van der Waals surface area contributed by atoms with Gasteiger partial charge in [-0.25, -0.2) is 4.39 Å². The van der Waals surface area contributed by atoms with Gasteiger partial charge in [0.1, 0.15) is 11.6 Å². The molecule has 1 fully saturated rings. The van der Waals surface area contributed by atoms with Gasteiger partial charge in [0, 0.05) is 18.7 Å². The maximum absolute atomic E-state index is 13.4. The van der Waals surface area contributed by atoms with Crippen LogP contribution in [0.15, 0.2) is 18.2 Å². The summed E-state index contributed by atoms with van der Waals surface area (Å²) in [5.41, 5.74) is 6.13. The molecule has 1 aliphatic carbocycles. The first-order valence-corrected chi connectivity index (χ1v) is 7.05. The van der Waals surface area contributed by atoms with Crippen molar-refractivity contribution in [2.45, 2.75) is 51.3 Å². The van der Waals surface area contributed by atoms with E-state index in [1.807, 2.05) is 0 Å². The number of amides is 1. The van der Waals surface area contributed by atoms with Gasteiger partial charge in [-0.05, 0) is 37.5 Å². The predicted octanol–water partition coefficient (Wildman–Crippen LogP) is 2.11. The Morgan fingerprint density at radius 3 is 2.80 bits per heavy atom. The van der Waals surface area contributed by atoms with Gasteiger partial charge in [-0.15, -0.1) is 0 Å². The van der Waals surface area contributed by atoms with Crippen molar-refractivity contribution in [1.82, 2.24) is 5.32 Å². The predicted molar refractivity (Wildman–Crippen MR) is 74.8 cm³/mol. The second kappa shape index (κ2) is 6.70. The first-order valence-electron chi connectivity index (χ1n) is 7.05. The lowest BCUT2D eigenvalue weighted by Gasteiger charge is -2.18. The minimum Gasteiger partial charge on any atom is -0.481 e. The van der Waals surface area contributed by atoms with Crippen molar-refractivity contribution in [1.29, 1.82) is 0 Å². The van der Waals surface area contributed by atoms with Crippen LogP contribution < -0.4 is 15.8 Å². The Balaban J connectivity index is 1.94. The minimum absolute atomic E-state index is 0.157. The molecule has 2 rings (SSSR count). The Morgan fingerprint density at radius 2 is 2.15 bits per heavy atom. The molecule has 110 valence electrons. The Hall–Kier alpha value is -1.62. The van der Waals surface area contributed by atoms with Gasteiger partial charge in [0.25, 0.3) is 5.91 Å². The van der Waals surface area contributed by atoms with Gasteiger partial charge in [-0.2, -0.15) is 0 Å². The van der Waals surface area contributed by atoms with E-state index >= 15 is 0 Å². The number of hydrogen-bond acceptors (Lipinski definition) is 3. The standard InChI is InChI=1S/C15H21FN2O2/c1-10(15(19)18-13-4-2-3-5-13)20-14-7-11(9-17)6-12(16)8-14/h6-8,10,13H,2-5,9,17H2,1H3,(H,18,19). The van der Waals surface area contributed by atoms with Gasteiger partial charge in [0.15, 0.2) is 6.10 Å². The number of benzene rings is 1. The third kappa shape index (κ3) is 3.93. The molecule has 1 aliphatic rings. The number of carbonyl (C=O) groups is 1. The highest BCUT2D eigenvalue weighted by Crippen LogP contribution is 2.19. The molecule has 0 radical (unpaired) electrons. The average Bonchev–Trinajstić information content (AvgIpc) is 2.90. The molecule has 0 heterocycles. The highest BCUT2D eigenvalue weighted by atomic mass is 19.1. The fraction of sp³-hybridized carbons (Fsp3) is 0.533. The second-order valence-electron chi connectivity index (χ2n) is 5.25. The van der Waals surface area contributed by atoms with E-state index in [1.54, 1.807) is 13.0 Å². The first-order chi connectivity index (χ1) is 9.58. The summed E-state index contributed by atoms with van der Waals surface area (Å²) >= 11 is 0. The summed E-state index contributed by atoms with van der Waals surface area (Å²) in [6.07, 6.45) is 3.71. The molecule has 0 aliphatic heterocycles. The summed E-state index contributed by atoms with van der Waals surface area (Å²) in [7, 11) is 0. The fourth-order valence-corrected chi connectivity index (χ4v) is 2.45. The van der Waals surface area contributed by atoms with Gasteiger partial charge in [0.05, 0.1) is 0 Å². The summed E-state index contributed by atoms with van der Waals surface area (Å²) < 4.78 is 18.9. The third-order valence-corrected chi connectivity index (χ3v) is 3.55. The van der Waals surface area contributed by atoms with Crippen LogP contribution in [0.4, 0.5) is 4.39 Å². The molecule has 1 aromatic rings. The summed E-state index contributed by atoms with van der Waals surface area (Å²) in [4.78, 5) is 12.0. The van der Waals surface area contributed by atoms with E-state index in [-0.39, 0.29) is 18.5 Å². The van der Waals surface area contributed by atoms with E-state index in [9.17, 15) is 9.18 Å². The number of nitrogens with one attached hydrogen (secondary N) is 1. The number of halogens is 1. The molecule has 1 atom stereocenters. The molecule has 5 heteroatoms. The molecule has 1 unspecified atom stereocenters. The molecule has 1 aromatic carbocycles. The van der Waals surface area contributed by atoms with E-state index in [4.69, 9.17) is 10.5 Å². The van der Waals surface area contributed by atoms with Crippen LogP contribution in [0.3, 0.4) is 0 Å². The lowest BCUT2D eigenvalue weighted by molar-refractivity contribution is -0.127. The lowest BCUT2D eigenvalue weighted by Crippen LogP contribution is -2.41. The van der Waals surface area contributed by atoms with Crippen LogP contribution in [0.5, 0.6) is 5.75 Å². The number of rotatable bonds is 5. The van der Waals surface area contributed by atoms with E-state index in [1.165, 1.54) is 12.1 Å². The highest BCUT2D eigenvalue weighted by Gasteiger charge is 2.21. The summed E-state index contributed by atoms with van der Waals surface area (Å²) in [5.74, 6) is -0.235. The molecule has 0 saturated heterocycles. The molecule has 0 bridgehead atoms. The molecule has 1 saturated carbocycles. The highest BCUT2D eigenvalue weighted by molar-refractivity contribution is 5.81. The fourth-order valence-electron chi connectivity index (χ4n) is 2.45. The Morgan fingerprint density at radius 1 is 1.45 bits per heavy atom. The minimum atomic E-state index is -0.650. The average molecular weight is 280 g/mol. The molecular formula is C15H21FN2O2. The van der Waals surface area contributed by atoms with Crippen LogP contribution in [0.25, 0.3) is 0 Å². The zero-order valence-corrected chi connectivity index (χ0v) is 11.7. The van der Waals surface area contributed by atoms with Gasteiger partial charge in [0.2, 0.25) is 0 Å². The van der Waals surface area contributed by atoms with Crippen molar-refractivity contribution < 1.29 is 13.9 Å². The van der Waals surface area contributed by atoms with E-state index < -0.39 is 11.9 Å². The largest absolute Gasteiger partial charge is 0.481 e. The Labute approximate surface area is 118 Å². The molecule has 0 spiro atoms. The van der Waals surface area contributed by atoms with E-state index in [2.05, 4.69) is 5.32 Å². The van der Waals surface area contributed by atoms with Crippen LogP contribution in [0.2, 0.25) is 0 Å². The van der Waals surface area contributed by atoms with E-state index in [0.29, 0.717) is 11.3 Å². The summed E-state index contributed by atoms with van der Waals surface area (Å²) in [6.45, 7) is 1.90. The van der Waals surface area contributed by atoms with Crippen molar-refractivity contribution in [2.75, 3.05) is 0 Å². The van der Waals surface area contributed by atoms with Gasteiger partial charge < -0.3 is 15.8 Å². The molecular weight excluding hydrogens is 259 g/mol. The van der Waals surface area contributed by atoms with Crippen LogP contribution in [0, 0.1) is 5.82 Å². The second-order valence-corrected chi connectivity index (χ2v) is 5.25. The molecule has 0 aromatic heterocycles. The van der Waals surface area contributed by atoms with Crippen molar-refractivity contribution in [3.05, 3.63) is 29.6 Å². The quantitative estimate of drug-likeness (QED) is 0.868. The SMILES string of the molecule is CC(Oc1cc(F)cc(CN)c1)C(=O)NC1CCCC1. The van der Waals surface area contributed by atoms with Crippen LogP contribution in [-0.2, 0) is 11.3 Å². The van der Waals surface area contributed by atoms with Crippen molar-refractivity contribution in [3.63, 3.8) is 0 Å². The van der Waals surface area contributed by atoms with Crippen molar-refractivity contribution in [2.24, 2.45) is 5.73 Å². The van der Waals surface area contributed by atoms with Crippen molar-refractivity contribution in [3.8, 4) is 5.75 Å². The maximum Gasteiger partial charge on any atom is 0.260 e. The summed E-state index contributed by atoms with van der Waals surface area (Å²) in [5, 5.41) is 2.96. The first kappa shape index (κ1) is 14.8. The normalized spacial score (nSPS) is 16.9. The summed E-state index contributed by atoms with van der Waals surface area (Å²) in [6, 6.07) is 4.53. The van der Waals surface area contributed by atoms with Gasteiger partial charge in [-0.3, -0.25) is 4.79 Å². The van der Waals surface area contributed by atoms with Crippen LogP contribution in [-0.4, -0.2) is 18.1 Å². The maximum atomic E-state index is 13.4. The number of ether oxygens (including phenoxy) is 1. The monoisotopic (exact) mass is 280 g/mol. The lowest BCUT2D eigenvalue weighted by atomic mass is 10.2. The van der Waals surface area contributed by atoms with Gasteiger partial charge >= 0.3 is 0 Å². The van der Waals surface area contributed by atoms with Crippen LogP contribution in [0.1, 0.15) is 38.2 Å². The zero-order chi connectivity index (χ0) is 14.5. The van der Waals surface area contributed by atoms with Gasteiger partial charge in [-0.1, -0.05) is 12.8 Å². The molecule has 20 heavy (non-hydrogen) atoms. The van der Waals surface area contributed by atoms with Crippen LogP contribution >= 0.6 is 0 Å². The third-order valence-electron chi connectivity index (χ3n) is 3.55. The molecule has 4 nitrogen and oxygen atoms in total. The molecule has 1 amide bonds. The number of hydrogen-bond donors (Lipinski definition) is 2. The smallest absolute Gasteiger partial charge is 0.260 e. The topological polar surface area (TPSA) is 64.3 Å². The van der Waals surface area contributed by atoms with Crippen molar-refractivity contribution >= 4 is 5.91 Å².